The van der Waals surface area contributed by atoms with Crippen molar-refractivity contribution in [3.63, 3.8) is 0 Å². The predicted octanol–water partition coefficient (Wildman–Crippen LogP) is -0.815. The third kappa shape index (κ3) is 3.23. The van der Waals surface area contributed by atoms with Gasteiger partial charge in [-0.05, 0) is 6.42 Å². The van der Waals surface area contributed by atoms with Crippen molar-refractivity contribution in [1.29, 1.82) is 0 Å². The van der Waals surface area contributed by atoms with Crippen LogP contribution in [0.15, 0.2) is 0 Å². The first-order valence-electron chi connectivity index (χ1n) is 4.79. The largest absolute Gasteiger partial charge is 0.481 e. The van der Waals surface area contributed by atoms with Gasteiger partial charge in [0.15, 0.2) is 0 Å². The molecule has 2 amide bonds. The lowest BCUT2D eigenvalue weighted by Gasteiger charge is -2.14. The van der Waals surface area contributed by atoms with E-state index in [1.165, 1.54) is 4.90 Å². The first-order chi connectivity index (χ1) is 7.00. The molecular weight excluding hydrogens is 200 g/mol. The second-order valence-corrected chi connectivity index (χ2v) is 3.65. The van der Waals surface area contributed by atoms with Gasteiger partial charge in [0.05, 0.1) is 5.92 Å². The summed E-state index contributed by atoms with van der Waals surface area (Å²) in [7, 11) is 0. The normalized spacial score (nSPS) is 20.7. The van der Waals surface area contributed by atoms with E-state index in [0.717, 1.165) is 0 Å². The van der Waals surface area contributed by atoms with Crippen LogP contribution in [-0.4, -0.2) is 40.9 Å². The van der Waals surface area contributed by atoms with Crippen LogP contribution in [0.1, 0.15) is 19.3 Å². The number of likely N-dealkylation sites (tertiary alicyclic amines) is 1. The van der Waals surface area contributed by atoms with Crippen molar-refractivity contribution in [2.45, 2.75) is 19.3 Å². The van der Waals surface area contributed by atoms with Gasteiger partial charge in [0.25, 0.3) is 0 Å². The second-order valence-electron chi connectivity index (χ2n) is 3.65. The molecule has 0 spiro atoms. The number of rotatable bonds is 5. The maximum Gasteiger partial charge on any atom is 0.308 e. The highest BCUT2D eigenvalue weighted by molar-refractivity contribution is 5.86. The summed E-state index contributed by atoms with van der Waals surface area (Å²) in [6, 6.07) is 0. The number of nitrogens with two attached hydrogens (primary N) is 1. The number of carbonyl (C=O) groups is 3. The zero-order valence-electron chi connectivity index (χ0n) is 8.31. The minimum Gasteiger partial charge on any atom is -0.481 e. The van der Waals surface area contributed by atoms with Crippen molar-refractivity contribution >= 4 is 17.8 Å². The smallest absolute Gasteiger partial charge is 0.308 e. The molecule has 15 heavy (non-hydrogen) atoms. The summed E-state index contributed by atoms with van der Waals surface area (Å²) in [4.78, 5) is 33.9. The Morgan fingerprint density at radius 2 is 2.20 bits per heavy atom. The van der Waals surface area contributed by atoms with Crippen molar-refractivity contribution in [3.05, 3.63) is 0 Å². The molecule has 1 fully saturated rings. The molecular formula is C9H14N2O4. The molecule has 1 aliphatic rings. The lowest BCUT2D eigenvalue weighted by atomic mass is 10.1. The van der Waals surface area contributed by atoms with Crippen LogP contribution in [0.2, 0.25) is 0 Å². The van der Waals surface area contributed by atoms with Gasteiger partial charge < -0.3 is 15.7 Å². The molecule has 0 aromatic rings. The van der Waals surface area contributed by atoms with Crippen LogP contribution in [0.25, 0.3) is 0 Å². The van der Waals surface area contributed by atoms with Crippen LogP contribution in [0.4, 0.5) is 0 Å². The van der Waals surface area contributed by atoms with Crippen LogP contribution in [0.3, 0.4) is 0 Å². The number of carboxylic acid groups (broad SMARTS) is 1. The molecule has 6 heteroatoms. The van der Waals surface area contributed by atoms with Gasteiger partial charge in [0.2, 0.25) is 11.8 Å². The summed E-state index contributed by atoms with van der Waals surface area (Å²) < 4.78 is 0. The molecule has 0 aromatic carbocycles. The molecule has 1 aliphatic heterocycles. The van der Waals surface area contributed by atoms with E-state index >= 15 is 0 Å². The van der Waals surface area contributed by atoms with E-state index in [0.29, 0.717) is 13.0 Å². The summed E-state index contributed by atoms with van der Waals surface area (Å²) in [5.74, 6) is -2.12. The summed E-state index contributed by atoms with van der Waals surface area (Å²) in [6.07, 6.45) is 0.779. The van der Waals surface area contributed by atoms with Gasteiger partial charge in [-0.1, -0.05) is 0 Å². The molecule has 1 atom stereocenters. The SMILES string of the molecule is NC(=O)CCCN1CC(C(=O)O)CC1=O. The first kappa shape index (κ1) is 11.5. The van der Waals surface area contributed by atoms with Crippen LogP contribution < -0.4 is 5.73 Å². The Hall–Kier alpha value is -1.59. The van der Waals surface area contributed by atoms with Crippen molar-refractivity contribution in [1.82, 2.24) is 4.90 Å². The molecule has 0 aliphatic carbocycles. The topological polar surface area (TPSA) is 101 Å². The number of hydrogen-bond donors (Lipinski definition) is 2. The fraction of sp³-hybridized carbons (Fsp3) is 0.667. The second kappa shape index (κ2) is 4.77. The van der Waals surface area contributed by atoms with Gasteiger partial charge in [-0.3, -0.25) is 14.4 Å². The lowest BCUT2D eigenvalue weighted by molar-refractivity contribution is -0.141. The number of primary amides is 1. The Morgan fingerprint density at radius 3 is 2.67 bits per heavy atom. The Morgan fingerprint density at radius 1 is 1.53 bits per heavy atom. The number of carboxylic acids is 1. The average molecular weight is 214 g/mol. The summed E-state index contributed by atoms with van der Waals surface area (Å²) in [6.45, 7) is 0.651. The Balaban J connectivity index is 2.34. The molecule has 1 unspecified atom stereocenters. The molecule has 3 N–H and O–H groups in total. The van der Waals surface area contributed by atoms with E-state index in [-0.39, 0.29) is 25.3 Å². The molecule has 0 bridgehead atoms. The van der Waals surface area contributed by atoms with E-state index in [2.05, 4.69) is 0 Å². The minimum absolute atomic E-state index is 0.0614. The van der Waals surface area contributed by atoms with Crippen LogP contribution in [-0.2, 0) is 14.4 Å². The quantitative estimate of drug-likeness (QED) is 0.624. The molecule has 84 valence electrons. The van der Waals surface area contributed by atoms with Gasteiger partial charge >= 0.3 is 5.97 Å². The molecule has 1 rings (SSSR count). The van der Waals surface area contributed by atoms with Gasteiger partial charge in [-0.2, -0.15) is 0 Å². The monoisotopic (exact) mass is 214 g/mol. The summed E-state index contributed by atoms with van der Waals surface area (Å²) in [5.41, 5.74) is 4.95. The molecule has 6 nitrogen and oxygen atoms in total. The average Bonchev–Trinajstić information content (AvgIpc) is 2.47. The van der Waals surface area contributed by atoms with Crippen molar-refractivity contribution in [2.24, 2.45) is 11.7 Å². The third-order valence-corrected chi connectivity index (χ3v) is 2.41. The molecule has 0 aromatic heterocycles. The van der Waals surface area contributed by atoms with Crippen molar-refractivity contribution < 1.29 is 19.5 Å². The van der Waals surface area contributed by atoms with Gasteiger partial charge in [-0.15, -0.1) is 0 Å². The zero-order valence-corrected chi connectivity index (χ0v) is 8.31. The minimum atomic E-state index is -0.944. The Labute approximate surface area is 87.0 Å². The molecule has 1 heterocycles. The van der Waals surface area contributed by atoms with Crippen LogP contribution in [0.5, 0.6) is 0 Å². The lowest BCUT2D eigenvalue weighted by Crippen LogP contribution is -2.28. The number of amides is 2. The maximum atomic E-state index is 11.3. The maximum absolute atomic E-state index is 11.3. The highest BCUT2D eigenvalue weighted by atomic mass is 16.4. The molecule has 0 saturated carbocycles. The van der Waals surface area contributed by atoms with Gasteiger partial charge in [0, 0.05) is 25.9 Å². The zero-order chi connectivity index (χ0) is 11.4. The van der Waals surface area contributed by atoms with Crippen molar-refractivity contribution in [3.8, 4) is 0 Å². The number of carbonyl (C=O) groups excluding carboxylic acids is 2. The van der Waals surface area contributed by atoms with E-state index in [1.54, 1.807) is 0 Å². The van der Waals surface area contributed by atoms with E-state index in [1.807, 2.05) is 0 Å². The fourth-order valence-electron chi connectivity index (χ4n) is 1.60. The van der Waals surface area contributed by atoms with E-state index in [9.17, 15) is 14.4 Å². The van der Waals surface area contributed by atoms with E-state index < -0.39 is 17.8 Å². The predicted molar refractivity (Wildman–Crippen MR) is 50.8 cm³/mol. The molecule has 0 radical (unpaired) electrons. The van der Waals surface area contributed by atoms with Crippen molar-refractivity contribution in [2.75, 3.05) is 13.1 Å². The van der Waals surface area contributed by atoms with E-state index in [4.69, 9.17) is 10.8 Å². The summed E-state index contributed by atoms with van der Waals surface area (Å²) >= 11 is 0. The number of nitrogens with zero attached hydrogens (tertiary/aromatic N) is 1. The van der Waals surface area contributed by atoms with Crippen LogP contribution in [0, 0.1) is 5.92 Å². The number of aliphatic carboxylic acids is 1. The Bertz CT molecular complexity index is 290. The molecule has 1 saturated heterocycles. The highest BCUT2D eigenvalue weighted by Gasteiger charge is 2.33. The standard InChI is InChI=1S/C9H14N2O4/c10-7(12)2-1-3-11-5-6(9(14)15)4-8(11)13/h6H,1-5H2,(H2,10,12)(H,14,15). The Kier molecular flexibility index (Phi) is 3.65. The summed E-state index contributed by atoms with van der Waals surface area (Å²) in [5, 5.41) is 8.71. The third-order valence-electron chi connectivity index (χ3n) is 2.41. The van der Waals surface area contributed by atoms with Crippen LogP contribution >= 0.6 is 0 Å². The first-order valence-corrected chi connectivity index (χ1v) is 4.79. The number of hydrogen-bond acceptors (Lipinski definition) is 3. The van der Waals surface area contributed by atoms with Gasteiger partial charge in [-0.25, -0.2) is 0 Å². The van der Waals surface area contributed by atoms with Gasteiger partial charge in [0.1, 0.15) is 0 Å². The fourth-order valence-corrected chi connectivity index (χ4v) is 1.60. The highest BCUT2D eigenvalue weighted by Crippen LogP contribution is 2.18.